The van der Waals surface area contributed by atoms with Crippen LogP contribution >= 0.6 is 0 Å². The zero-order valence-corrected chi connectivity index (χ0v) is 15.2. The molecule has 6 heteroatoms. The Morgan fingerprint density at radius 2 is 2.00 bits per heavy atom. The first-order chi connectivity index (χ1) is 9.52. The Morgan fingerprint density at radius 3 is 2.62 bits per heavy atom. The molecule has 0 unspecified atom stereocenters. The van der Waals surface area contributed by atoms with E-state index in [0.717, 1.165) is 12.0 Å². The summed E-state index contributed by atoms with van der Waals surface area (Å²) in [7, 11) is 0. The molecule has 0 bridgehead atoms. The van der Waals surface area contributed by atoms with Gasteiger partial charge in [0.25, 0.3) is 0 Å². The van der Waals surface area contributed by atoms with Gasteiger partial charge in [0.15, 0.2) is 0 Å². The Hall–Kier alpha value is -1.04. The van der Waals surface area contributed by atoms with Crippen molar-refractivity contribution in [3.8, 4) is 0 Å². The predicted molar refractivity (Wildman–Crippen MR) is 76.7 cm³/mol. The van der Waals surface area contributed by atoms with Gasteiger partial charge in [-0.2, -0.15) is 0 Å². The van der Waals surface area contributed by atoms with E-state index in [0.29, 0.717) is 31.0 Å². The first kappa shape index (κ1) is 20.0. The zero-order valence-electron chi connectivity index (χ0n) is 14.2. The Bertz CT molecular complexity index is 472. The van der Waals surface area contributed by atoms with E-state index in [1.54, 1.807) is 13.8 Å². The van der Waals surface area contributed by atoms with Gasteiger partial charge in [0.2, 0.25) is 0 Å². The fourth-order valence-electron chi connectivity index (χ4n) is 1.79. The normalized spacial score (nSPS) is 14.3. The molecule has 5 nitrogen and oxygen atoms in total. The van der Waals surface area contributed by atoms with Crippen molar-refractivity contribution in [1.29, 1.82) is 0 Å². The summed E-state index contributed by atoms with van der Waals surface area (Å²) in [6.07, 6.45) is 6.78. The number of nitrogens with one attached hydrogen (secondary N) is 1. The number of hydrogen-bond acceptors (Lipinski definition) is 5. The van der Waals surface area contributed by atoms with Crippen molar-refractivity contribution in [3.05, 3.63) is 35.3 Å². The molecule has 0 heterocycles. The van der Waals surface area contributed by atoms with Gasteiger partial charge in [-0.1, -0.05) is 12.2 Å². The molecule has 1 N–H and O–H groups in total. The van der Waals surface area contributed by atoms with E-state index in [-0.39, 0.29) is 42.9 Å². The second-order valence-corrected chi connectivity index (χ2v) is 4.43. The van der Waals surface area contributed by atoms with Gasteiger partial charge in [-0.3, -0.25) is 4.79 Å². The van der Waals surface area contributed by atoms with Gasteiger partial charge in [-0.05, 0) is 25.8 Å². The molecular formula is C15H22NNaO4. The largest absolute Gasteiger partial charge is 1.00 e. The van der Waals surface area contributed by atoms with Crippen molar-refractivity contribution >= 4 is 11.9 Å². The number of rotatable bonds is 6. The molecule has 0 saturated carbocycles. The summed E-state index contributed by atoms with van der Waals surface area (Å²) in [5, 5.41) is 3.12. The summed E-state index contributed by atoms with van der Waals surface area (Å²) in [6.45, 7) is 5.84. The zero-order chi connectivity index (χ0) is 15.0. The van der Waals surface area contributed by atoms with Crippen molar-refractivity contribution in [2.45, 2.75) is 33.6 Å². The summed E-state index contributed by atoms with van der Waals surface area (Å²) in [5.41, 5.74) is 1.73. The Morgan fingerprint density at radius 1 is 1.33 bits per heavy atom. The van der Waals surface area contributed by atoms with Crippen molar-refractivity contribution in [2.24, 2.45) is 0 Å². The first-order valence-corrected chi connectivity index (χ1v) is 6.66. The number of carbonyl (C=O) groups is 2. The van der Waals surface area contributed by atoms with Crippen LogP contribution in [-0.2, 0) is 19.1 Å². The van der Waals surface area contributed by atoms with Gasteiger partial charge < -0.3 is 16.2 Å². The summed E-state index contributed by atoms with van der Waals surface area (Å²) >= 11 is 0. The number of esters is 2. The summed E-state index contributed by atoms with van der Waals surface area (Å²) in [4.78, 5) is 22.3. The van der Waals surface area contributed by atoms with Crippen LogP contribution in [0.25, 0.3) is 0 Å². The molecule has 21 heavy (non-hydrogen) atoms. The van der Waals surface area contributed by atoms with Gasteiger partial charge >= 0.3 is 41.5 Å². The SMILES string of the molecule is CCOC(=O)/C=C(\C)NCC1=C(OC(C)=O)CC=CC1.[H-].[Na+]. The first-order valence-electron chi connectivity index (χ1n) is 6.66. The van der Waals surface area contributed by atoms with Crippen molar-refractivity contribution in [3.63, 3.8) is 0 Å². The van der Waals surface area contributed by atoms with Crippen LogP contribution in [0.1, 0.15) is 35.0 Å². The molecule has 0 atom stereocenters. The molecule has 1 aliphatic rings. The average molecular weight is 303 g/mol. The number of hydrogen-bond donors (Lipinski definition) is 1. The van der Waals surface area contributed by atoms with Crippen LogP contribution in [0, 0.1) is 0 Å². The van der Waals surface area contributed by atoms with Gasteiger partial charge in [-0.25, -0.2) is 4.79 Å². The molecular weight excluding hydrogens is 281 g/mol. The topological polar surface area (TPSA) is 64.6 Å². The van der Waals surface area contributed by atoms with Crippen LogP contribution in [0.5, 0.6) is 0 Å². The van der Waals surface area contributed by atoms with Crippen LogP contribution < -0.4 is 34.9 Å². The van der Waals surface area contributed by atoms with Crippen LogP contribution in [-0.4, -0.2) is 25.1 Å². The van der Waals surface area contributed by atoms with E-state index in [9.17, 15) is 9.59 Å². The Balaban J connectivity index is 0. The van der Waals surface area contributed by atoms with Crippen molar-refractivity contribution in [2.75, 3.05) is 13.2 Å². The van der Waals surface area contributed by atoms with Crippen LogP contribution in [0.2, 0.25) is 0 Å². The van der Waals surface area contributed by atoms with Crippen molar-refractivity contribution in [1.82, 2.24) is 5.32 Å². The minimum atomic E-state index is -0.366. The minimum Gasteiger partial charge on any atom is -1.00 e. The van der Waals surface area contributed by atoms with Crippen molar-refractivity contribution < 1.29 is 50.0 Å². The van der Waals surface area contributed by atoms with Crippen LogP contribution in [0.4, 0.5) is 0 Å². The van der Waals surface area contributed by atoms with Crippen LogP contribution in [0.15, 0.2) is 35.3 Å². The number of carbonyl (C=O) groups excluding carboxylic acids is 2. The molecule has 0 aromatic rings. The quantitative estimate of drug-likeness (QED) is 0.305. The molecule has 112 valence electrons. The van der Waals surface area contributed by atoms with E-state index in [4.69, 9.17) is 9.47 Å². The van der Waals surface area contributed by atoms with Gasteiger partial charge in [0.1, 0.15) is 5.76 Å². The molecule has 0 radical (unpaired) electrons. The molecule has 0 spiro atoms. The third-order valence-electron chi connectivity index (χ3n) is 2.70. The summed E-state index contributed by atoms with van der Waals surface area (Å²) in [6, 6.07) is 0. The molecule has 0 aromatic carbocycles. The van der Waals surface area contributed by atoms with E-state index in [1.807, 2.05) is 12.2 Å². The van der Waals surface area contributed by atoms with E-state index in [2.05, 4.69) is 5.32 Å². The second-order valence-electron chi connectivity index (χ2n) is 4.43. The smallest absolute Gasteiger partial charge is 1.00 e. The molecule has 0 aromatic heterocycles. The third-order valence-corrected chi connectivity index (χ3v) is 2.70. The van der Waals surface area contributed by atoms with Crippen LogP contribution in [0.3, 0.4) is 0 Å². The van der Waals surface area contributed by atoms with E-state index >= 15 is 0 Å². The molecule has 0 saturated heterocycles. The van der Waals surface area contributed by atoms with E-state index in [1.165, 1.54) is 13.0 Å². The maximum atomic E-state index is 11.3. The number of allylic oxidation sites excluding steroid dienone is 3. The Kier molecular flexibility index (Phi) is 10.1. The molecule has 0 aliphatic heterocycles. The average Bonchev–Trinajstić information content (AvgIpc) is 2.37. The maximum absolute atomic E-state index is 11.3. The predicted octanol–water partition coefficient (Wildman–Crippen LogP) is -0.673. The third kappa shape index (κ3) is 8.09. The Labute approximate surface area is 149 Å². The monoisotopic (exact) mass is 303 g/mol. The van der Waals surface area contributed by atoms with Gasteiger partial charge in [0.05, 0.1) is 6.61 Å². The standard InChI is InChI=1S/C15H21NO4.Na.H/c1-4-19-15(18)9-11(2)16-10-13-7-5-6-8-14(13)20-12(3)17;;/h5-6,9,16H,4,7-8,10H2,1-3H3;;/q;+1;-1/b11-9+;;. The molecule has 0 amide bonds. The van der Waals surface area contributed by atoms with Gasteiger partial charge in [0, 0.05) is 31.7 Å². The fraction of sp³-hybridized carbons (Fsp3) is 0.467. The summed E-state index contributed by atoms with van der Waals surface area (Å²) in [5.74, 6) is 0.0123. The minimum absolute atomic E-state index is 0. The van der Waals surface area contributed by atoms with Gasteiger partial charge in [-0.15, -0.1) is 0 Å². The molecule has 1 rings (SSSR count). The summed E-state index contributed by atoms with van der Waals surface area (Å²) < 4.78 is 10.0. The fourth-order valence-corrected chi connectivity index (χ4v) is 1.79. The molecule has 1 aliphatic carbocycles. The maximum Gasteiger partial charge on any atom is 1.00 e. The molecule has 0 fully saturated rings. The second kappa shape index (κ2) is 10.7. The number of ether oxygens (including phenoxy) is 2. The van der Waals surface area contributed by atoms with E-state index < -0.39 is 0 Å².